The van der Waals surface area contributed by atoms with Crippen molar-refractivity contribution in [3.63, 3.8) is 0 Å². The van der Waals surface area contributed by atoms with E-state index < -0.39 is 0 Å². The van der Waals surface area contributed by atoms with E-state index in [0.29, 0.717) is 13.1 Å². The highest BCUT2D eigenvalue weighted by molar-refractivity contribution is 14.0. The van der Waals surface area contributed by atoms with Gasteiger partial charge in [-0.25, -0.2) is 0 Å². The summed E-state index contributed by atoms with van der Waals surface area (Å²) in [6.07, 6.45) is 0. The molecule has 0 spiro atoms. The topological polar surface area (TPSA) is 54.9 Å². The molecule has 0 fully saturated rings. The number of ether oxygens (including phenoxy) is 2. The summed E-state index contributed by atoms with van der Waals surface area (Å²) in [5.41, 5.74) is 2.08. The molecule has 1 aromatic carbocycles. The predicted molar refractivity (Wildman–Crippen MR) is 102 cm³/mol. The highest BCUT2D eigenvalue weighted by Gasteiger charge is 2.16. The van der Waals surface area contributed by atoms with Gasteiger partial charge in [-0.3, -0.25) is 4.99 Å². The zero-order valence-corrected chi connectivity index (χ0v) is 16.6. The summed E-state index contributed by atoms with van der Waals surface area (Å²) in [5, 5.41) is 6.55. The van der Waals surface area contributed by atoms with Gasteiger partial charge in [0.25, 0.3) is 0 Å². The molecule has 1 aromatic rings. The van der Waals surface area contributed by atoms with Crippen LogP contribution in [0.2, 0.25) is 0 Å². The molecule has 126 valence electrons. The third-order valence-corrected chi connectivity index (χ3v) is 3.38. The van der Waals surface area contributed by atoms with Gasteiger partial charge in [0.2, 0.25) is 0 Å². The Labute approximate surface area is 150 Å². The summed E-state index contributed by atoms with van der Waals surface area (Å²) >= 11 is 0. The molecule has 5 nitrogen and oxygen atoms in total. The summed E-state index contributed by atoms with van der Waals surface area (Å²) in [4.78, 5) is 4.21. The molecule has 0 heterocycles. The molecule has 0 saturated carbocycles. The van der Waals surface area contributed by atoms with Crippen LogP contribution in [0, 0.1) is 6.92 Å². The molecule has 0 saturated heterocycles. The number of benzene rings is 1. The lowest BCUT2D eigenvalue weighted by Gasteiger charge is -2.24. The van der Waals surface area contributed by atoms with Crippen molar-refractivity contribution in [3.05, 3.63) is 29.3 Å². The van der Waals surface area contributed by atoms with Gasteiger partial charge < -0.3 is 20.1 Å². The molecule has 0 aromatic heterocycles. The van der Waals surface area contributed by atoms with E-state index in [1.807, 2.05) is 32.9 Å². The fourth-order valence-corrected chi connectivity index (χ4v) is 1.83. The highest BCUT2D eigenvalue weighted by Crippen LogP contribution is 2.18. The van der Waals surface area contributed by atoms with E-state index in [4.69, 9.17) is 9.47 Å². The highest BCUT2D eigenvalue weighted by atomic mass is 127. The molecule has 1 rings (SSSR count). The van der Waals surface area contributed by atoms with Gasteiger partial charge in [-0.2, -0.15) is 0 Å². The number of hydrogen-bond acceptors (Lipinski definition) is 3. The third-order valence-electron chi connectivity index (χ3n) is 3.38. The fourth-order valence-electron chi connectivity index (χ4n) is 1.83. The van der Waals surface area contributed by atoms with Crippen LogP contribution in [0.25, 0.3) is 0 Å². The molecule has 6 heteroatoms. The average Bonchev–Trinajstić information content (AvgIpc) is 2.47. The Morgan fingerprint density at radius 3 is 2.41 bits per heavy atom. The maximum atomic E-state index is 5.38. The molecule has 0 bridgehead atoms. The van der Waals surface area contributed by atoms with Gasteiger partial charge in [0.1, 0.15) is 5.75 Å². The first kappa shape index (κ1) is 21.0. The van der Waals surface area contributed by atoms with Gasteiger partial charge in [0, 0.05) is 27.2 Å². The molecular formula is C16H28IN3O2. The van der Waals surface area contributed by atoms with Crippen LogP contribution in [-0.2, 0) is 11.3 Å². The van der Waals surface area contributed by atoms with Crippen LogP contribution < -0.4 is 15.4 Å². The Morgan fingerprint density at radius 2 is 1.91 bits per heavy atom. The second-order valence-electron chi connectivity index (χ2n) is 5.55. The van der Waals surface area contributed by atoms with E-state index in [1.165, 1.54) is 5.56 Å². The zero-order chi connectivity index (χ0) is 15.9. The molecule has 0 aliphatic carbocycles. The Bertz CT molecular complexity index is 490. The molecule has 0 atom stereocenters. The quantitative estimate of drug-likeness (QED) is 0.422. The van der Waals surface area contributed by atoms with Crippen LogP contribution in [0.5, 0.6) is 5.75 Å². The Balaban J connectivity index is 0.00000441. The molecule has 0 radical (unpaired) electrons. The summed E-state index contributed by atoms with van der Waals surface area (Å²) in [6.45, 7) is 7.49. The normalized spacial score (nSPS) is 11.6. The van der Waals surface area contributed by atoms with Gasteiger partial charge in [-0.1, -0.05) is 12.1 Å². The van der Waals surface area contributed by atoms with Crippen molar-refractivity contribution in [3.8, 4) is 5.75 Å². The van der Waals surface area contributed by atoms with Gasteiger partial charge in [0.15, 0.2) is 5.96 Å². The lowest BCUT2D eigenvalue weighted by molar-refractivity contribution is 0.0268. The number of halogens is 1. The Morgan fingerprint density at radius 1 is 1.23 bits per heavy atom. The van der Waals surface area contributed by atoms with E-state index in [1.54, 1.807) is 21.3 Å². The maximum Gasteiger partial charge on any atom is 0.191 e. The van der Waals surface area contributed by atoms with Crippen molar-refractivity contribution in [2.75, 3.05) is 27.8 Å². The molecule has 0 unspecified atom stereocenters. The average molecular weight is 421 g/mol. The summed E-state index contributed by atoms with van der Waals surface area (Å²) in [6, 6.07) is 6.14. The number of nitrogens with zero attached hydrogens (tertiary/aromatic N) is 1. The maximum absolute atomic E-state index is 5.38. The van der Waals surface area contributed by atoms with Gasteiger partial charge in [-0.05, 0) is 38.0 Å². The van der Waals surface area contributed by atoms with Crippen molar-refractivity contribution >= 4 is 29.9 Å². The smallest absolute Gasteiger partial charge is 0.191 e. The van der Waals surface area contributed by atoms with Crippen LogP contribution in [0.3, 0.4) is 0 Å². The number of aliphatic imine (C=N–C) groups is 1. The van der Waals surface area contributed by atoms with Crippen molar-refractivity contribution in [2.45, 2.75) is 32.9 Å². The van der Waals surface area contributed by atoms with Crippen LogP contribution in [0.15, 0.2) is 23.2 Å². The van der Waals surface area contributed by atoms with E-state index in [9.17, 15) is 0 Å². The van der Waals surface area contributed by atoms with Crippen molar-refractivity contribution < 1.29 is 9.47 Å². The number of methoxy groups -OCH3 is 2. The van der Waals surface area contributed by atoms with E-state index in [2.05, 4.69) is 21.7 Å². The SMILES string of the molecule is CN=C(NCc1ccc(OC)c(C)c1)NCC(C)(C)OC.I. The van der Waals surface area contributed by atoms with Gasteiger partial charge in [-0.15, -0.1) is 24.0 Å². The van der Waals surface area contributed by atoms with Crippen LogP contribution in [0.1, 0.15) is 25.0 Å². The minimum Gasteiger partial charge on any atom is -0.496 e. The Hall–Kier alpha value is -1.02. The lowest BCUT2D eigenvalue weighted by atomic mass is 10.1. The van der Waals surface area contributed by atoms with Crippen molar-refractivity contribution in [1.29, 1.82) is 0 Å². The molecule has 22 heavy (non-hydrogen) atoms. The van der Waals surface area contributed by atoms with E-state index in [0.717, 1.165) is 17.3 Å². The summed E-state index contributed by atoms with van der Waals surface area (Å²) < 4.78 is 10.6. The molecule has 0 aliphatic rings. The predicted octanol–water partition coefficient (Wildman–Crippen LogP) is 2.71. The number of nitrogens with one attached hydrogen (secondary N) is 2. The monoisotopic (exact) mass is 421 g/mol. The van der Waals surface area contributed by atoms with Crippen molar-refractivity contribution in [2.24, 2.45) is 4.99 Å². The molecular weight excluding hydrogens is 393 g/mol. The zero-order valence-electron chi connectivity index (χ0n) is 14.3. The van der Waals surface area contributed by atoms with E-state index in [-0.39, 0.29) is 29.6 Å². The van der Waals surface area contributed by atoms with Gasteiger partial charge in [0.05, 0.1) is 12.7 Å². The first-order chi connectivity index (χ1) is 9.91. The second-order valence-corrected chi connectivity index (χ2v) is 5.55. The van der Waals surface area contributed by atoms with Crippen LogP contribution >= 0.6 is 24.0 Å². The standard InChI is InChI=1S/C16H27N3O2.HI/c1-12-9-13(7-8-14(12)20-5)10-18-15(17-4)19-11-16(2,3)21-6;/h7-9H,10-11H2,1-6H3,(H2,17,18,19);1H. The second kappa shape index (κ2) is 9.89. The Kier molecular flexibility index (Phi) is 9.43. The molecule has 2 N–H and O–H groups in total. The van der Waals surface area contributed by atoms with Crippen LogP contribution in [0.4, 0.5) is 0 Å². The minimum atomic E-state index is -0.228. The first-order valence-electron chi connectivity index (χ1n) is 7.05. The van der Waals surface area contributed by atoms with Crippen LogP contribution in [-0.4, -0.2) is 39.4 Å². The largest absolute Gasteiger partial charge is 0.496 e. The lowest BCUT2D eigenvalue weighted by Crippen LogP contribution is -2.45. The minimum absolute atomic E-state index is 0. The van der Waals surface area contributed by atoms with Gasteiger partial charge >= 0.3 is 0 Å². The number of hydrogen-bond donors (Lipinski definition) is 2. The van der Waals surface area contributed by atoms with Crippen molar-refractivity contribution in [1.82, 2.24) is 10.6 Å². The summed E-state index contributed by atoms with van der Waals surface area (Å²) in [5.74, 6) is 1.66. The fraction of sp³-hybridized carbons (Fsp3) is 0.562. The number of guanidine groups is 1. The number of aryl methyl sites for hydroxylation is 1. The summed E-state index contributed by atoms with van der Waals surface area (Å²) in [7, 11) is 5.15. The third kappa shape index (κ3) is 6.83. The molecule has 0 aliphatic heterocycles. The van der Waals surface area contributed by atoms with E-state index >= 15 is 0 Å². The first-order valence-corrected chi connectivity index (χ1v) is 7.05. The number of rotatable bonds is 6. The molecule has 0 amide bonds.